The van der Waals surface area contributed by atoms with E-state index >= 15 is 0 Å². The summed E-state index contributed by atoms with van der Waals surface area (Å²) < 4.78 is 5.81. The second-order valence-corrected chi connectivity index (χ2v) is 10.6. The molecule has 7 heteroatoms. The van der Waals surface area contributed by atoms with E-state index in [0.29, 0.717) is 23.9 Å². The van der Waals surface area contributed by atoms with Crippen molar-refractivity contribution in [3.05, 3.63) is 59.8 Å². The van der Waals surface area contributed by atoms with Gasteiger partial charge in [0, 0.05) is 36.8 Å². The highest BCUT2D eigenvalue weighted by atomic mass is 16.5. The van der Waals surface area contributed by atoms with Gasteiger partial charge in [-0.3, -0.25) is 15.6 Å². The Bertz CT molecular complexity index is 984. The molecule has 188 valence electrons. The van der Waals surface area contributed by atoms with E-state index in [0.717, 1.165) is 57.1 Å². The molecule has 3 heterocycles. The topological polar surface area (TPSA) is 78.5 Å². The third-order valence-electron chi connectivity index (χ3n) is 7.84. The summed E-state index contributed by atoms with van der Waals surface area (Å²) in [5.41, 5.74) is 12.8. The predicted octanol–water partition coefficient (Wildman–Crippen LogP) is 3.93. The first kappa shape index (κ1) is 24.2. The van der Waals surface area contributed by atoms with E-state index in [-0.39, 0.29) is 24.0 Å². The van der Waals surface area contributed by atoms with Gasteiger partial charge < -0.3 is 4.74 Å². The number of fused-ring (bicyclic) bond motifs is 1. The van der Waals surface area contributed by atoms with Crippen LogP contribution in [0.5, 0.6) is 5.88 Å². The molecule has 3 N–H and O–H groups in total. The van der Waals surface area contributed by atoms with Crippen LogP contribution in [0.25, 0.3) is 0 Å². The van der Waals surface area contributed by atoms with Crippen molar-refractivity contribution in [2.24, 2.45) is 11.8 Å². The summed E-state index contributed by atoms with van der Waals surface area (Å²) in [5.74, 6) is 1.26. The standard InChI is InChI=1S/C28H39N5O2/c1-19(2)35-26-18-21(14-15-29-26)27-24-17-22(11-13-25(24)30-31-27)28(34)32-33-16-6-9-23(33)12-10-20-7-4-3-5-8-20/h3-5,7-8,14-15,18-19,22-25,27,30-31H,6,9-13,16-17H2,1-2H3,(H,32,34). The molecule has 35 heavy (non-hydrogen) atoms. The largest absolute Gasteiger partial charge is 0.475 e. The number of nitrogens with one attached hydrogen (secondary N) is 3. The molecule has 1 saturated carbocycles. The van der Waals surface area contributed by atoms with E-state index in [4.69, 9.17) is 4.74 Å². The zero-order valence-corrected chi connectivity index (χ0v) is 21.0. The number of hydrogen-bond acceptors (Lipinski definition) is 6. The second-order valence-electron chi connectivity index (χ2n) is 10.6. The zero-order chi connectivity index (χ0) is 24.2. The van der Waals surface area contributed by atoms with Crippen LogP contribution in [-0.2, 0) is 11.2 Å². The third-order valence-corrected chi connectivity index (χ3v) is 7.84. The molecular weight excluding hydrogens is 438 g/mol. The molecule has 7 nitrogen and oxygen atoms in total. The van der Waals surface area contributed by atoms with Gasteiger partial charge >= 0.3 is 0 Å². The first-order valence-corrected chi connectivity index (χ1v) is 13.3. The highest BCUT2D eigenvalue weighted by molar-refractivity contribution is 5.78. The molecule has 5 rings (SSSR count). The molecule has 3 fully saturated rings. The minimum atomic E-state index is 0.0454. The molecule has 0 radical (unpaired) electrons. The average Bonchev–Trinajstić information content (AvgIpc) is 3.49. The van der Waals surface area contributed by atoms with Crippen molar-refractivity contribution in [2.45, 2.75) is 83.0 Å². The Hall–Kier alpha value is -2.48. The molecule has 2 aliphatic heterocycles. The molecule has 2 saturated heterocycles. The normalized spacial score (nSPS) is 28.7. The fraction of sp³-hybridized carbons (Fsp3) is 0.571. The van der Waals surface area contributed by atoms with E-state index in [9.17, 15) is 4.79 Å². The number of hydrogen-bond donors (Lipinski definition) is 3. The van der Waals surface area contributed by atoms with E-state index < -0.39 is 0 Å². The van der Waals surface area contributed by atoms with Gasteiger partial charge in [0.25, 0.3) is 0 Å². The maximum atomic E-state index is 13.4. The number of ether oxygens (including phenoxy) is 1. The Balaban J connectivity index is 1.18. The summed E-state index contributed by atoms with van der Waals surface area (Å²) in [7, 11) is 0. The van der Waals surface area contributed by atoms with Gasteiger partial charge in [-0.25, -0.2) is 15.4 Å². The van der Waals surface area contributed by atoms with E-state index in [2.05, 4.69) is 62.7 Å². The lowest BCUT2D eigenvalue weighted by Crippen LogP contribution is -2.49. The monoisotopic (exact) mass is 477 g/mol. The van der Waals surface area contributed by atoms with Gasteiger partial charge in [-0.2, -0.15) is 0 Å². The summed E-state index contributed by atoms with van der Waals surface area (Å²) >= 11 is 0. The Morgan fingerprint density at radius 2 is 2.03 bits per heavy atom. The van der Waals surface area contributed by atoms with Gasteiger partial charge in [-0.1, -0.05) is 30.3 Å². The Labute approximate surface area is 209 Å². The number of hydrazine groups is 2. The van der Waals surface area contributed by atoms with Crippen molar-refractivity contribution in [3.63, 3.8) is 0 Å². The summed E-state index contributed by atoms with van der Waals surface area (Å²) in [6.07, 6.45) is 9.15. The van der Waals surface area contributed by atoms with Crippen LogP contribution in [0.4, 0.5) is 0 Å². The number of amides is 1. The molecule has 0 spiro atoms. The Morgan fingerprint density at radius 3 is 2.86 bits per heavy atom. The molecule has 3 aliphatic rings. The summed E-state index contributed by atoms with van der Waals surface area (Å²) in [6.45, 7) is 4.97. The molecule has 2 aromatic rings. The van der Waals surface area contributed by atoms with Gasteiger partial charge in [0.1, 0.15) is 0 Å². The highest BCUT2D eigenvalue weighted by Crippen LogP contribution is 2.41. The van der Waals surface area contributed by atoms with Gasteiger partial charge in [0.15, 0.2) is 0 Å². The maximum absolute atomic E-state index is 13.4. The maximum Gasteiger partial charge on any atom is 0.237 e. The lowest BCUT2D eigenvalue weighted by Gasteiger charge is -2.34. The third kappa shape index (κ3) is 5.85. The average molecular weight is 478 g/mol. The lowest BCUT2D eigenvalue weighted by atomic mass is 9.74. The zero-order valence-electron chi connectivity index (χ0n) is 21.0. The number of aromatic nitrogens is 1. The summed E-state index contributed by atoms with van der Waals surface area (Å²) in [5, 5.41) is 2.22. The molecule has 1 aromatic carbocycles. The lowest BCUT2D eigenvalue weighted by molar-refractivity contribution is -0.132. The molecule has 1 aliphatic carbocycles. The SMILES string of the molecule is CC(C)Oc1cc(C2NNC3CCC(C(=O)NN4CCCC4CCc4ccccc4)CC32)ccn1. The molecular formula is C28H39N5O2. The van der Waals surface area contributed by atoms with Crippen molar-refractivity contribution in [2.75, 3.05) is 6.54 Å². The first-order valence-electron chi connectivity index (χ1n) is 13.3. The summed E-state index contributed by atoms with van der Waals surface area (Å²) in [4.78, 5) is 17.7. The van der Waals surface area contributed by atoms with Gasteiger partial charge in [0.2, 0.25) is 11.8 Å². The number of rotatable bonds is 8. The number of benzene rings is 1. The van der Waals surface area contributed by atoms with Gasteiger partial charge in [-0.05, 0) is 81.9 Å². The fourth-order valence-corrected chi connectivity index (χ4v) is 6.04. The van der Waals surface area contributed by atoms with Gasteiger partial charge in [-0.15, -0.1) is 0 Å². The molecule has 0 bridgehead atoms. The predicted molar refractivity (Wildman–Crippen MR) is 136 cm³/mol. The Kier molecular flexibility index (Phi) is 7.66. The van der Waals surface area contributed by atoms with Crippen LogP contribution in [0.1, 0.15) is 69.5 Å². The number of pyridine rings is 1. The fourth-order valence-electron chi connectivity index (χ4n) is 6.04. The molecule has 5 unspecified atom stereocenters. The van der Waals surface area contributed by atoms with Crippen molar-refractivity contribution in [1.82, 2.24) is 26.3 Å². The number of carbonyl (C=O) groups excluding carboxylic acids is 1. The van der Waals surface area contributed by atoms with Crippen molar-refractivity contribution < 1.29 is 9.53 Å². The number of aryl methyl sites for hydroxylation is 1. The first-order chi connectivity index (χ1) is 17.1. The van der Waals surface area contributed by atoms with E-state index in [1.54, 1.807) is 0 Å². The van der Waals surface area contributed by atoms with Crippen LogP contribution in [0.3, 0.4) is 0 Å². The van der Waals surface area contributed by atoms with Crippen LogP contribution in [0, 0.1) is 11.8 Å². The van der Waals surface area contributed by atoms with Crippen LogP contribution in [0.2, 0.25) is 0 Å². The van der Waals surface area contributed by atoms with Crippen LogP contribution in [-0.4, -0.2) is 40.6 Å². The van der Waals surface area contributed by atoms with Crippen molar-refractivity contribution >= 4 is 5.91 Å². The highest BCUT2D eigenvalue weighted by Gasteiger charge is 2.43. The van der Waals surface area contributed by atoms with E-state index in [1.807, 2.05) is 26.1 Å². The van der Waals surface area contributed by atoms with Crippen LogP contribution in [0.15, 0.2) is 48.7 Å². The number of nitrogens with zero attached hydrogens (tertiary/aromatic N) is 2. The Morgan fingerprint density at radius 1 is 1.17 bits per heavy atom. The van der Waals surface area contributed by atoms with Crippen LogP contribution >= 0.6 is 0 Å². The molecule has 1 aromatic heterocycles. The second kappa shape index (κ2) is 11.1. The van der Waals surface area contributed by atoms with E-state index in [1.165, 1.54) is 5.56 Å². The van der Waals surface area contributed by atoms with Crippen molar-refractivity contribution in [3.8, 4) is 5.88 Å². The smallest absolute Gasteiger partial charge is 0.237 e. The quantitative estimate of drug-likeness (QED) is 0.535. The molecule has 1 amide bonds. The van der Waals surface area contributed by atoms with Gasteiger partial charge in [0.05, 0.1) is 12.1 Å². The minimum absolute atomic E-state index is 0.0454. The van der Waals surface area contributed by atoms with Crippen LogP contribution < -0.4 is 21.0 Å². The molecule has 5 atom stereocenters. The summed E-state index contributed by atoms with van der Waals surface area (Å²) in [6, 6.07) is 15.7. The number of carbonyl (C=O) groups is 1. The van der Waals surface area contributed by atoms with Crippen molar-refractivity contribution in [1.29, 1.82) is 0 Å². The minimum Gasteiger partial charge on any atom is -0.475 e.